The third-order valence-corrected chi connectivity index (χ3v) is 3.07. The van der Waals surface area contributed by atoms with Gasteiger partial charge in [-0.1, -0.05) is 5.16 Å². The minimum absolute atomic E-state index is 0.510. The van der Waals surface area contributed by atoms with Crippen LogP contribution in [0, 0.1) is 6.92 Å². The molecule has 6 heteroatoms. The maximum absolute atomic E-state index is 5.44. The second kappa shape index (κ2) is 5.36. The van der Waals surface area contributed by atoms with Crippen LogP contribution in [0.1, 0.15) is 12.2 Å². The first kappa shape index (κ1) is 12.1. The van der Waals surface area contributed by atoms with E-state index in [-0.39, 0.29) is 0 Å². The van der Waals surface area contributed by atoms with Crippen molar-refractivity contribution in [3.05, 3.63) is 24.2 Å². The van der Waals surface area contributed by atoms with Crippen LogP contribution in [-0.2, 0) is 4.74 Å². The predicted molar refractivity (Wildman–Crippen MR) is 69.9 cm³/mol. The summed E-state index contributed by atoms with van der Waals surface area (Å²) in [6, 6.07) is 3.95. The maximum Gasteiger partial charge on any atom is 0.259 e. The molecular weight excluding hydrogens is 244 g/mol. The van der Waals surface area contributed by atoms with Gasteiger partial charge in [-0.3, -0.25) is 0 Å². The lowest BCUT2D eigenvalue weighted by Crippen LogP contribution is -2.26. The lowest BCUT2D eigenvalue weighted by atomic mass is 10.2. The molecule has 19 heavy (non-hydrogen) atoms. The molecule has 1 fully saturated rings. The molecule has 0 amide bonds. The first-order valence-electron chi connectivity index (χ1n) is 6.42. The van der Waals surface area contributed by atoms with Crippen molar-refractivity contribution in [1.29, 1.82) is 0 Å². The summed E-state index contributed by atoms with van der Waals surface area (Å²) in [4.78, 5) is 10.9. The van der Waals surface area contributed by atoms with Gasteiger partial charge in [0.25, 0.3) is 5.89 Å². The number of hydrogen-bond acceptors (Lipinski definition) is 6. The summed E-state index contributed by atoms with van der Waals surface area (Å²) in [5.74, 6) is 2.10. The standard InChI is InChI=1S/C13H16N4O2/c1-10-15-13(19-16-10)11-3-4-12(14-9-11)17-5-2-7-18-8-6-17/h3-4,9H,2,5-8H2,1H3. The number of anilines is 1. The molecule has 0 N–H and O–H groups in total. The van der Waals surface area contributed by atoms with Crippen LogP contribution >= 0.6 is 0 Å². The van der Waals surface area contributed by atoms with E-state index in [4.69, 9.17) is 9.26 Å². The SMILES string of the molecule is Cc1noc(-c2ccc(N3CCCOCC3)nc2)n1. The quantitative estimate of drug-likeness (QED) is 0.818. The van der Waals surface area contributed by atoms with E-state index in [1.165, 1.54) is 0 Å². The van der Waals surface area contributed by atoms with Crippen molar-refractivity contribution in [2.45, 2.75) is 13.3 Å². The highest BCUT2D eigenvalue weighted by molar-refractivity contribution is 5.54. The highest BCUT2D eigenvalue weighted by Crippen LogP contribution is 2.19. The van der Waals surface area contributed by atoms with Crippen molar-refractivity contribution in [3.8, 4) is 11.5 Å². The van der Waals surface area contributed by atoms with Crippen LogP contribution in [0.2, 0.25) is 0 Å². The Morgan fingerprint density at radius 1 is 1.21 bits per heavy atom. The first-order chi connectivity index (χ1) is 9.33. The average molecular weight is 260 g/mol. The van der Waals surface area contributed by atoms with E-state index in [0.29, 0.717) is 11.7 Å². The monoisotopic (exact) mass is 260 g/mol. The van der Waals surface area contributed by atoms with Crippen molar-refractivity contribution < 1.29 is 9.26 Å². The Hall–Kier alpha value is -1.95. The van der Waals surface area contributed by atoms with E-state index < -0.39 is 0 Å². The Bertz CT molecular complexity index is 530. The number of aryl methyl sites for hydroxylation is 1. The lowest BCUT2D eigenvalue weighted by Gasteiger charge is -2.20. The van der Waals surface area contributed by atoms with E-state index in [9.17, 15) is 0 Å². The predicted octanol–water partition coefficient (Wildman–Crippen LogP) is 1.67. The molecule has 2 aromatic heterocycles. The second-order valence-electron chi connectivity index (χ2n) is 4.50. The molecule has 0 radical (unpaired) electrons. The molecule has 0 aliphatic carbocycles. The normalized spacial score (nSPS) is 16.4. The Morgan fingerprint density at radius 3 is 2.89 bits per heavy atom. The molecule has 3 heterocycles. The minimum Gasteiger partial charge on any atom is -0.380 e. The number of hydrogen-bond donors (Lipinski definition) is 0. The van der Waals surface area contributed by atoms with Gasteiger partial charge in [-0.05, 0) is 25.5 Å². The molecule has 2 aromatic rings. The van der Waals surface area contributed by atoms with Crippen molar-refractivity contribution >= 4 is 5.82 Å². The zero-order valence-electron chi connectivity index (χ0n) is 10.9. The third kappa shape index (κ3) is 2.73. The summed E-state index contributed by atoms with van der Waals surface area (Å²) in [6.45, 7) is 5.24. The molecule has 3 rings (SSSR count). The van der Waals surface area contributed by atoms with Crippen LogP contribution in [-0.4, -0.2) is 41.4 Å². The van der Waals surface area contributed by atoms with Crippen molar-refractivity contribution in [2.75, 3.05) is 31.2 Å². The Morgan fingerprint density at radius 2 is 2.16 bits per heavy atom. The summed E-state index contributed by atoms with van der Waals surface area (Å²) in [5.41, 5.74) is 0.843. The zero-order chi connectivity index (χ0) is 13.1. The second-order valence-corrected chi connectivity index (χ2v) is 4.50. The largest absolute Gasteiger partial charge is 0.380 e. The lowest BCUT2D eigenvalue weighted by molar-refractivity contribution is 0.152. The van der Waals surface area contributed by atoms with Gasteiger partial charge in [-0.2, -0.15) is 4.98 Å². The highest BCUT2D eigenvalue weighted by atomic mass is 16.5. The Kier molecular flexibility index (Phi) is 3.41. The molecule has 1 aliphatic rings. The van der Waals surface area contributed by atoms with Gasteiger partial charge >= 0.3 is 0 Å². The van der Waals surface area contributed by atoms with Gasteiger partial charge in [0, 0.05) is 25.9 Å². The number of pyridine rings is 1. The van der Waals surface area contributed by atoms with Crippen LogP contribution in [0.3, 0.4) is 0 Å². The van der Waals surface area contributed by atoms with Gasteiger partial charge in [0.15, 0.2) is 5.82 Å². The highest BCUT2D eigenvalue weighted by Gasteiger charge is 2.12. The van der Waals surface area contributed by atoms with E-state index >= 15 is 0 Å². The van der Waals surface area contributed by atoms with Crippen LogP contribution in [0.25, 0.3) is 11.5 Å². The zero-order valence-corrected chi connectivity index (χ0v) is 10.9. The van der Waals surface area contributed by atoms with E-state index in [1.807, 2.05) is 12.1 Å². The fraction of sp³-hybridized carbons (Fsp3) is 0.462. The van der Waals surface area contributed by atoms with Crippen LogP contribution in [0.4, 0.5) is 5.82 Å². The fourth-order valence-corrected chi connectivity index (χ4v) is 2.09. The summed E-state index contributed by atoms with van der Waals surface area (Å²) in [5, 5.41) is 3.78. The number of rotatable bonds is 2. The van der Waals surface area contributed by atoms with Gasteiger partial charge < -0.3 is 14.2 Å². The van der Waals surface area contributed by atoms with E-state index in [2.05, 4.69) is 20.0 Å². The van der Waals surface area contributed by atoms with Crippen molar-refractivity contribution in [1.82, 2.24) is 15.1 Å². The molecule has 0 atom stereocenters. The summed E-state index contributed by atoms with van der Waals surface area (Å²) in [6.07, 6.45) is 2.81. The summed E-state index contributed by atoms with van der Waals surface area (Å²) >= 11 is 0. The maximum atomic E-state index is 5.44. The summed E-state index contributed by atoms with van der Waals surface area (Å²) in [7, 11) is 0. The van der Waals surface area contributed by atoms with E-state index in [1.54, 1.807) is 13.1 Å². The van der Waals surface area contributed by atoms with Crippen LogP contribution in [0.15, 0.2) is 22.9 Å². The number of nitrogens with zero attached hydrogens (tertiary/aromatic N) is 4. The molecular formula is C13H16N4O2. The van der Waals surface area contributed by atoms with Gasteiger partial charge in [0.2, 0.25) is 0 Å². The smallest absolute Gasteiger partial charge is 0.259 e. The van der Waals surface area contributed by atoms with Crippen molar-refractivity contribution in [2.24, 2.45) is 0 Å². The first-order valence-corrected chi connectivity index (χ1v) is 6.42. The average Bonchev–Trinajstić information content (AvgIpc) is 2.72. The molecule has 0 aromatic carbocycles. The summed E-state index contributed by atoms with van der Waals surface area (Å²) < 4.78 is 10.6. The molecule has 0 unspecified atom stereocenters. The molecule has 0 spiro atoms. The third-order valence-electron chi connectivity index (χ3n) is 3.07. The van der Waals surface area contributed by atoms with Crippen molar-refractivity contribution in [3.63, 3.8) is 0 Å². The Balaban J connectivity index is 1.78. The molecule has 1 saturated heterocycles. The van der Waals surface area contributed by atoms with Gasteiger partial charge in [-0.15, -0.1) is 0 Å². The molecule has 1 aliphatic heterocycles. The number of ether oxygens (including phenoxy) is 1. The van der Waals surface area contributed by atoms with Crippen LogP contribution in [0.5, 0.6) is 0 Å². The topological polar surface area (TPSA) is 64.3 Å². The van der Waals surface area contributed by atoms with E-state index in [0.717, 1.165) is 44.1 Å². The van der Waals surface area contributed by atoms with Gasteiger partial charge in [0.1, 0.15) is 5.82 Å². The fourth-order valence-electron chi connectivity index (χ4n) is 2.09. The Labute approximate surface area is 111 Å². The molecule has 100 valence electrons. The molecule has 0 bridgehead atoms. The molecule has 0 saturated carbocycles. The number of aromatic nitrogens is 3. The van der Waals surface area contributed by atoms with Gasteiger partial charge in [0.05, 0.1) is 12.2 Å². The molecule has 6 nitrogen and oxygen atoms in total. The van der Waals surface area contributed by atoms with Gasteiger partial charge in [-0.25, -0.2) is 4.98 Å². The van der Waals surface area contributed by atoms with Crippen LogP contribution < -0.4 is 4.90 Å². The minimum atomic E-state index is 0.510.